The molecule has 2 unspecified atom stereocenters. The van der Waals surface area contributed by atoms with Gasteiger partial charge in [0, 0.05) is 0 Å². The monoisotopic (exact) mass is 324 g/mol. The number of ether oxygens (including phenoxy) is 3. The second kappa shape index (κ2) is 8.06. The smallest absolute Gasteiger partial charge is 0.240 e. The molecule has 1 amide bonds. The Labute approximate surface area is 138 Å². The van der Waals surface area contributed by atoms with E-state index in [0.717, 1.165) is 12.0 Å². The molecule has 6 heteroatoms. The number of hydrogen-bond acceptors (Lipinski definition) is 5. The van der Waals surface area contributed by atoms with Crippen LogP contribution in [-0.4, -0.2) is 32.8 Å². The molecular formula is C17H28N2O4. The van der Waals surface area contributed by atoms with E-state index in [9.17, 15) is 4.79 Å². The summed E-state index contributed by atoms with van der Waals surface area (Å²) >= 11 is 0. The zero-order valence-corrected chi connectivity index (χ0v) is 14.9. The van der Waals surface area contributed by atoms with E-state index in [4.69, 9.17) is 19.9 Å². The SMILES string of the molecule is CCCC(C)(N)C(=O)NC(C)c1cc(OC)c(OC)c(OC)c1. The van der Waals surface area contributed by atoms with Gasteiger partial charge >= 0.3 is 0 Å². The summed E-state index contributed by atoms with van der Waals surface area (Å²) in [6.07, 6.45) is 1.47. The number of methoxy groups -OCH3 is 3. The van der Waals surface area contributed by atoms with Crippen molar-refractivity contribution < 1.29 is 19.0 Å². The highest BCUT2D eigenvalue weighted by Crippen LogP contribution is 2.39. The third-order valence-corrected chi connectivity index (χ3v) is 3.82. The van der Waals surface area contributed by atoms with Crippen LogP contribution in [0.3, 0.4) is 0 Å². The summed E-state index contributed by atoms with van der Waals surface area (Å²) in [7, 11) is 4.67. The van der Waals surface area contributed by atoms with Crippen LogP contribution in [0, 0.1) is 0 Å². The van der Waals surface area contributed by atoms with E-state index in [0.29, 0.717) is 23.7 Å². The number of rotatable bonds is 8. The predicted molar refractivity (Wildman–Crippen MR) is 90.2 cm³/mol. The van der Waals surface area contributed by atoms with Gasteiger partial charge in [-0.3, -0.25) is 4.79 Å². The van der Waals surface area contributed by atoms with Crippen molar-refractivity contribution in [2.45, 2.75) is 45.2 Å². The molecule has 0 bridgehead atoms. The van der Waals surface area contributed by atoms with Crippen LogP contribution in [0.1, 0.15) is 45.2 Å². The van der Waals surface area contributed by atoms with Crippen molar-refractivity contribution in [1.82, 2.24) is 5.32 Å². The summed E-state index contributed by atoms with van der Waals surface area (Å²) in [5.41, 5.74) is 6.04. The second-order valence-electron chi connectivity index (χ2n) is 5.82. The number of nitrogens with two attached hydrogens (primary N) is 1. The fourth-order valence-electron chi connectivity index (χ4n) is 2.43. The molecule has 0 saturated heterocycles. The van der Waals surface area contributed by atoms with Gasteiger partial charge < -0.3 is 25.3 Å². The quantitative estimate of drug-likeness (QED) is 0.767. The molecule has 0 heterocycles. The van der Waals surface area contributed by atoms with Gasteiger partial charge in [0.05, 0.1) is 32.9 Å². The van der Waals surface area contributed by atoms with Crippen LogP contribution in [0.15, 0.2) is 12.1 Å². The molecule has 130 valence electrons. The molecule has 0 fully saturated rings. The third-order valence-electron chi connectivity index (χ3n) is 3.82. The lowest BCUT2D eigenvalue weighted by Gasteiger charge is -2.26. The van der Waals surface area contributed by atoms with Gasteiger partial charge in [-0.1, -0.05) is 13.3 Å². The topological polar surface area (TPSA) is 82.8 Å². The van der Waals surface area contributed by atoms with Crippen molar-refractivity contribution in [1.29, 1.82) is 0 Å². The molecule has 0 spiro atoms. The van der Waals surface area contributed by atoms with Crippen LogP contribution < -0.4 is 25.3 Å². The molecule has 1 rings (SSSR count). The Morgan fingerprint density at radius 3 is 2.13 bits per heavy atom. The van der Waals surface area contributed by atoms with Crippen molar-refractivity contribution in [2.24, 2.45) is 5.73 Å². The molecule has 0 aliphatic carbocycles. The second-order valence-corrected chi connectivity index (χ2v) is 5.82. The van der Waals surface area contributed by atoms with Gasteiger partial charge in [0.1, 0.15) is 0 Å². The van der Waals surface area contributed by atoms with Gasteiger partial charge in [0.15, 0.2) is 11.5 Å². The van der Waals surface area contributed by atoms with Crippen molar-refractivity contribution in [3.8, 4) is 17.2 Å². The van der Waals surface area contributed by atoms with Crippen molar-refractivity contribution in [3.63, 3.8) is 0 Å². The molecule has 3 N–H and O–H groups in total. The highest BCUT2D eigenvalue weighted by molar-refractivity contribution is 5.85. The number of hydrogen-bond donors (Lipinski definition) is 2. The lowest BCUT2D eigenvalue weighted by molar-refractivity contribution is -0.126. The standard InChI is InChI=1S/C17H28N2O4/c1-7-8-17(3,18)16(20)19-11(2)12-9-13(21-4)15(23-6)14(10-12)22-5/h9-11H,7-8,18H2,1-6H3,(H,19,20). The fraction of sp³-hybridized carbons (Fsp3) is 0.588. The maximum absolute atomic E-state index is 12.3. The molecule has 2 atom stereocenters. The first kappa shape index (κ1) is 19.1. The van der Waals surface area contributed by atoms with Gasteiger partial charge in [-0.05, 0) is 38.0 Å². The van der Waals surface area contributed by atoms with Crippen molar-refractivity contribution in [2.75, 3.05) is 21.3 Å². The summed E-state index contributed by atoms with van der Waals surface area (Å²) in [6.45, 7) is 5.63. The molecule has 0 aliphatic heterocycles. The van der Waals surface area contributed by atoms with Crippen LogP contribution in [0.2, 0.25) is 0 Å². The fourth-order valence-corrected chi connectivity index (χ4v) is 2.43. The van der Waals surface area contributed by atoms with Crippen LogP contribution in [0.25, 0.3) is 0 Å². The molecule has 1 aromatic carbocycles. The minimum absolute atomic E-state index is 0.180. The summed E-state index contributed by atoms with van der Waals surface area (Å²) < 4.78 is 16.0. The summed E-state index contributed by atoms with van der Waals surface area (Å²) in [5, 5.41) is 2.95. The molecule has 6 nitrogen and oxygen atoms in total. The number of carbonyl (C=O) groups excluding carboxylic acids is 1. The molecule has 0 radical (unpaired) electrons. The summed E-state index contributed by atoms with van der Waals surface area (Å²) in [6, 6.07) is 3.40. The lowest BCUT2D eigenvalue weighted by atomic mass is 9.95. The van der Waals surface area contributed by atoms with Gasteiger partial charge in [-0.2, -0.15) is 0 Å². The van der Waals surface area contributed by atoms with E-state index in [2.05, 4.69) is 5.32 Å². The number of nitrogens with one attached hydrogen (secondary N) is 1. The minimum atomic E-state index is -0.885. The van der Waals surface area contributed by atoms with Crippen LogP contribution >= 0.6 is 0 Å². The van der Waals surface area contributed by atoms with E-state index in [1.54, 1.807) is 28.3 Å². The summed E-state index contributed by atoms with van der Waals surface area (Å²) in [4.78, 5) is 12.3. The summed E-state index contributed by atoms with van der Waals surface area (Å²) in [5.74, 6) is 1.44. The zero-order chi connectivity index (χ0) is 17.6. The van der Waals surface area contributed by atoms with Crippen LogP contribution in [-0.2, 0) is 4.79 Å². The number of amides is 1. The van der Waals surface area contributed by atoms with E-state index in [1.807, 2.05) is 26.0 Å². The highest BCUT2D eigenvalue weighted by atomic mass is 16.5. The van der Waals surface area contributed by atoms with E-state index >= 15 is 0 Å². The minimum Gasteiger partial charge on any atom is -0.493 e. The third kappa shape index (κ3) is 4.51. The van der Waals surface area contributed by atoms with Gasteiger partial charge in [-0.15, -0.1) is 0 Å². The van der Waals surface area contributed by atoms with E-state index in [-0.39, 0.29) is 11.9 Å². The first-order chi connectivity index (χ1) is 10.8. The Morgan fingerprint density at radius 2 is 1.74 bits per heavy atom. The Kier molecular flexibility index (Phi) is 6.69. The van der Waals surface area contributed by atoms with E-state index in [1.165, 1.54) is 0 Å². The normalized spacial score (nSPS) is 14.6. The Bertz CT molecular complexity index is 518. The average Bonchev–Trinajstić information content (AvgIpc) is 2.52. The zero-order valence-electron chi connectivity index (χ0n) is 14.9. The Hall–Kier alpha value is -1.95. The molecule has 1 aromatic rings. The van der Waals surface area contributed by atoms with Crippen LogP contribution in [0.5, 0.6) is 17.2 Å². The van der Waals surface area contributed by atoms with Gasteiger partial charge in [-0.25, -0.2) is 0 Å². The first-order valence-corrected chi connectivity index (χ1v) is 7.70. The molecule has 0 aromatic heterocycles. The Morgan fingerprint density at radius 1 is 1.22 bits per heavy atom. The maximum atomic E-state index is 12.3. The van der Waals surface area contributed by atoms with Crippen LogP contribution in [0.4, 0.5) is 0 Å². The number of carbonyl (C=O) groups is 1. The van der Waals surface area contributed by atoms with E-state index < -0.39 is 5.54 Å². The number of benzene rings is 1. The van der Waals surface area contributed by atoms with Crippen molar-refractivity contribution >= 4 is 5.91 Å². The van der Waals surface area contributed by atoms with Crippen molar-refractivity contribution in [3.05, 3.63) is 17.7 Å². The highest BCUT2D eigenvalue weighted by Gasteiger charge is 2.28. The largest absolute Gasteiger partial charge is 0.493 e. The average molecular weight is 324 g/mol. The molecule has 0 saturated carbocycles. The van der Waals surface area contributed by atoms with Gasteiger partial charge in [0.25, 0.3) is 0 Å². The molecular weight excluding hydrogens is 296 g/mol. The molecule has 23 heavy (non-hydrogen) atoms. The lowest BCUT2D eigenvalue weighted by Crippen LogP contribution is -2.52. The first-order valence-electron chi connectivity index (χ1n) is 7.70. The maximum Gasteiger partial charge on any atom is 0.240 e. The van der Waals surface area contributed by atoms with Gasteiger partial charge in [0.2, 0.25) is 11.7 Å². The molecule has 0 aliphatic rings. The predicted octanol–water partition coefficient (Wildman–Crippen LogP) is 2.41. The Balaban J connectivity index is 3.04.